The van der Waals surface area contributed by atoms with Gasteiger partial charge in [-0.15, -0.1) is 0 Å². The lowest BCUT2D eigenvalue weighted by atomic mass is 9.99. The first-order chi connectivity index (χ1) is 10.1. The Morgan fingerprint density at radius 3 is 3.05 bits per heavy atom. The number of aromatic nitrogens is 2. The summed E-state index contributed by atoms with van der Waals surface area (Å²) in [5.41, 5.74) is 10.6. The molecule has 0 fully saturated rings. The fraction of sp³-hybridized carbons (Fsp3) is 0.438. The van der Waals surface area contributed by atoms with E-state index in [-0.39, 0.29) is 6.04 Å². The van der Waals surface area contributed by atoms with Gasteiger partial charge >= 0.3 is 0 Å². The molecule has 1 atom stereocenters. The molecule has 1 aromatic heterocycles. The van der Waals surface area contributed by atoms with Crippen LogP contribution in [0.2, 0.25) is 5.02 Å². The zero-order valence-corrected chi connectivity index (χ0v) is 13.2. The maximum Gasteiger partial charge on any atom is 0.122 e. The normalized spacial score (nSPS) is 14.9. The molecular weight excluding hydrogens is 286 g/mol. The van der Waals surface area contributed by atoms with Crippen LogP contribution in [-0.4, -0.2) is 16.4 Å². The number of benzene rings is 1. The number of nitrogens with two attached hydrogens (primary N) is 1. The van der Waals surface area contributed by atoms with Gasteiger partial charge in [0.2, 0.25) is 0 Å². The molecule has 1 aliphatic rings. The minimum absolute atomic E-state index is 0.0881. The Hall–Kier alpha value is -1.52. The molecule has 112 valence electrons. The molecule has 0 bridgehead atoms. The Balaban J connectivity index is 1.85. The van der Waals surface area contributed by atoms with Gasteiger partial charge in [0.05, 0.1) is 23.0 Å². The largest absolute Gasteiger partial charge is 0.493 e. The summed E-state index contributed by atoms with van der Waals surface area (Å²) in [5.74, 6) is 0.985. The number of hydrogen-bond donors (Lipinski definition) is 1. The highest BCUT2D eigenvalue weighted by Crippen LogP contribution is 2.30. The van der Waals surface area contributed by atoms with E-state index in [0.29, 0.717) is 6.42 Å². The van der Waals surface area contributed by atoms with Crippen molar-refractivity contribution in [1.29, 1.82) is 0 Å². The van der Waals surface area contributed by atoms with Crippen molar-refractivity contribution in [3.63, 3.8) is 0 Å². The monoisotopic (exact) mass is 305 g/mol. The molecule has 0 radical (unpaired) electrons. The Kier molecular flexibility index (Phi) is 3.91. The Morgan fingerprint density at radius 2 is 2.29 bits per heavy atom. The van der Waals surface area contributed by atoms with Gasteiger partial charge in [-0.05, 0) is 31.0 Å². The highest BCUT2D eigenvalue weighted by atomic mass is 35.5. The first kappa shape index (κ1) is 14.4. The molecule has 1 unspecified atom stereocenters. The maximum absolute atomic E-state index is 6.38. The maximum atomic E-state index is 6.38. The van der Waals surface area contributed by atoms with E-state index in [0.717, 1.165) is 47.3 Å². The summed E-state index contributed by atoms with van der Waals surface area (Å²) >= 11 is 6.36. The third-order valence-electron chi connectivity index (χ3n) is 4.01. The average Bonchev–Trinajstić information content (AvgIpc) is 3.05. The van der Waals surface area contributed by atoms with E-state index in [9.17, 15) is 0 Å². The quantitative estimate of drug-likeness (QED) is 0.944. The minimum atomic E-state index is -0.0881. The second-order valence-corrected chi connectivity index (χ2v) is 5.82. The van der Waals surface area contributed by atoms with Crippen molar-refractivity contribution < 1.29 is 4.74 Å². The van der Waals surface area contributed by atoms with Crippen molar-refractivity contribution in [2.24, 2.45) is 5.73 Å². The Morgan fingerprint density at radius 1 is 1.48 bits per heavy atom. The van der Waals surface area contributed by atoms with E-state index in [4.69, 9.17) is 22.1 Å². The SMILES string of the molecule is CCn1nc(C)c(Cl)c1CC(N)c1ccc2c(c1)CCO2. The molecule has 0 spiro atoms. The van der Waals surface area contributed by atoms with Crippen LogP contribution in [0.4, 0.5) is 0 Å². The molecule has 3 rings (SSSR count). The van der Waals surface area contributed by atoms with E-state index in [2.05, 4.69) is 18.1 Å². The van der Waals surface area contributed by atoms with Gasteiger partial charge in [-0.1, -0.05) is 23.7 Å². The molecule has 0 aliphatic carbocycles. The highest BCUT2D eigenvalue weighted by molar-refractivity contribution is 6.31. The number of rotatable bonds is 4. The summed E-state index contributed by atoms with van der Waals surface area (Å²) < 4.78 is 7.47. The molecule has 5 heteroatoms. The summed E-state index contributed by atoms with van der Waals surface area (Å²) in [6, 6.07) is 6.12. The predicted octanol–water partition coefficient (Wildman–Crippen LogP) is 3.04. The van der Waals surface area contributed by atoms with Crippen LogP contribution in [0.15, 0.2) is 18.2 Å². The summed E-state index contributed by atoms with van der Waals surface area (Å²) in [5, 5.41) is 5.18. The van der Waals surface area contributed by atoms with E-state index in [1.54, 1.807) is 0 Å². The van der Waals surface area contributed by atoms with E-state index in [1.165, 1.54) is 5.56 Å². The van der Waals surface area contributed by atoms with Crippen molar-refractivity contribution in [3.05, 3.63) is 45.7 Å². The van der Waals surface area contributed by atoms with Crippen molar-refractivity contribution in [1.82, 2.24) is 9.78 Å². The van der Waals surface area contributed by atoms with Gasteiger partial charge in [0.1, 0.15) is 5.75 Å². The smallest absolute Gasteiger partial charge is 0.122 e. The number of fused-ring (bicyclic) bond motifs is 1. The van der Waals surface area contributed by atoms with Crippen molar-refractivity contribution >= 4 is 11.6 Å². The molecular formula is C16H20ClN3O. The van der Waals surface area contributed by atoms with Gasteiger partial charge in [-0.25, -0.2) is 0 Å². The molecule has 0 amide bonds. The number of nitrogens with zero attached hydrogens (tertiary/aromatic N) is 2. The van der Waals surface area contributed by atoms with Crippen LogP contribution in [0.5, 0.6) is 5.75 Å². The second-order valence-electron chi connectivity index (χ2n) is 5.44. The van der Waals surface area contributed by atoms with Gasteiger partial charge < -0.3 is 10.5 Å². The van der Waals surface area contributed by atoms with Crippen LogP contribution in [0.3, 0.4) is 0 Å². The molecule has 1 aliphatic heterocycles. The van der Waals surface area contributed by atoms with Crippen LogP contribution in [0.1, 0.15) is 35.5 Å². The van der Waals surface area contributed by atoms with Crippen LogP contribution in [0, 0.1) is 6.92 Å². The fourth-order valence-corrected chi connectivity index (χ4v) is 3.04. The lowest BCUT2D eigenvalue weighted by Crippen LogP contribution is -2.16. The molecule has 1 aromatic carbocycles. The highest BCUT2D eigenvalue weighted by Gasteiger charge is 2.19. The lowest BCUT2D eigenvalue weighted by molar-refractivity contribution is 0.357. The third kappa shape index (κ3) is 2.65. The lowest BCUT2D eigenvalue weighted by Gasteiger charge is -2.14. The molecule has 21 heavy (non-hydrogen) atoms. The van der Waals surface area contributed by atoms with Gasteiger partial charge in [0.25, 0.3) is 0 Å². The number of aryl methyl sites for hydroxylation is 2. The molecule has 0 saturated carbocycles. The predicted molar refractivity (Wildman–Crippen MR) is 83.9 cm³/mol. The first-order valence-electron chi connectivity index (χ1n) is 7.33. The summed E-state index contributed by atoms with van der Waals surface area (Å²) in [7, 11) is 0. The molecule has 2 heterocycles. The molecule has 2 N–H and O–H groups in total. The summed E-state index contributed by atoms with van der Waals surface area (Å²) in [6.07, 6.45) is 1.65. The average molecular weight is 306 g/mol. The van der Waals surface area contributed by atoms with Crippen LogP contribution in [-0.2, 0) is 19.4 Å². The van der Waals surface area contributed by atoms with Gasteiger partial charge in [0, 0.05) is 25.4 Å². The zero-order chi connectivity index (χ0) is 15.0. The van der Waals surface area contributed by atoms with Gasteiger partial charge in [0.15, 0.2) is 0 Å². The number of halogens is 1. The Bertz CT molecular complexity index is 666. The summed E-state index contributed by atoms with van der Waals surface area (Å²) in [6.45, 7) is 5.55. The van der Waals surface area contributed by atoms with Crippen molar-refractivity contribution in [3.8, 4) is 5.75 Å². The van der Waals surface area contributed by atoms with Crippen molar-refractivity contribution in [2.75, 3.05) is 6.61 Å². The van der Waals surface area contributed by atoms with E-state index < -0.39 is 0 Å². The first-order valence-corrected chi connectivity index (χ1v) is 7.71. The van der Waals surface area contributed by atoms with E-state index in [1.807, 2.05) is 23.7 Å². The standard InChI is InChI=1S/C16H20ClN3O/c1-3-20-14(16(17)10(2)19-20)9-13(18)11-4-5-15-12(8-11)6-7-21-15/h4-5,8,13H,3,6-7,9,18H2,1-2H3. The van der Waals surface area contributed by atoms with E-state index >= 15 is 0 Å². The topological polar surface area (TPSA) is 53.1 Å². The molecule has 2 aromatic rings. The van der Waals surface area contributed by atoms with Crippen molar-refractivity contribution in [2.45, 2.75) is 39.3 Å². The minimum Gasteiger partial charge on any atom is -0.493 e. The second kappa shape index (κ2) is 5.70. The summed E-state index contributed by atoms with van der Waals surface area (Å²) in [4.78, 5) is 0. The molecule has 4 nitrogen and oxygen atoms in total. The van der Waals surface area contributed by atoms with Gasteiger partial charge in [-0.3, -0.25) is 4.68 Å². The Labute approximate surface area is 129 Å². The number of ether oxygens (including phenoxy) is 1. The zero-order valence-electron chi connectivity index (χ0n) is 12.4. The fourth-order valence-electron chi connectivity index (χ4n) is 2.83. The molecule has 0 saturated heterocycles. The van der Waals surface area contributed by atoms with Gasteiger partial charge in [-0.2, -0.15) is 5.10 Å². The van der Waals surface area contributed by atoms with Crippen LogP contribution < -0.4 is 10.5 Å². The van der Waals surface area contributed by atoms with Crippen LogP contribution in [0.25, 0.3) is 0 Å². The number of hydrogen-bond acceptors (Lipinski definition) is 3. The van der Waals surface area contributed by atoms with Crippen LogP contribution >= 0.6 is 11.6 Å². The third-order valence-corrected chi connectivity index (χ3v) is 4.50.